The zero-order valence-corrected chi connectivity index (χ0v) is 27.8. The van der Waals surface area contributed by atoms with Gasteiger partial charge in [0.1, 0.15) is 29.5 Å². The number of carboxylic acid groups (broad SMARTS) is 1. The highest BCUT2D eigenvalue weighted by Gasteiger charge is 2.51. The average molecular weight is 667 g/mol. The van der Waals surface area contributed by atoms with Crippen molar-refractivity contribution in [3.05, 3.63) is 53.7 Å². The molecule has 2 aromatic heterocycles. The van der Waals surface area contributed by atoms with Crippen LogP contribution >= 0.6 is 0 Å². The molecule has 0 radical (unpaired) electrons. The standard InChI is InChI=1S/C38H40F2N6O3/c1-4-22-14-38(15-23(5-2)18-45(38)17-22)21-49-36-42-34-30(35(43-36)44-19-27-10-11-28(20-44)46(27)37(47)48)16-41-33(32(34)40)29-9-7-8-25-13-26(39)12-24(6-3)31(25)29/h3,7-9,12-13,16,22-23,27-28H,4-5,10-11,14-15,17-21H2,1-2H3,(H,47,48)/t22?,23?,27-,28+,38?. The number of carbonyl (C=O) groups is 1. The molecule has 4 aromatic rings. The monoisotopic (exact) mass is 666 g/mol. The molecule has 254 valence electrons. The third-order valence-corrected chi connectivity index (χ3v) is 11.6. The van der Waals surface area contributed by atoms with E-state index in [-0.39, 0.29) is 34.8 Å². The lowest BCUT2D eigenvalue weighted by molar-refractivity contribution is 0.107. The van der Waals surface area contributed by atoms with Crippen molar-refractivity contribution in [3.63, 3.8) is 0 Å². The molecule has 4 atom stereocenters. The van der Waals surface area contributed by atoms with Crippen LogP contribution < -0.4 is 9.64 Å². The van der Waals surface area contributed by atoms with E-state index in [1.54, 1.807) is 29.3 Å². The number of aromatic nitrogens is 3. The van der Waals surface area contributed by atoms with Gasteiger partial charge in [-0.15, -0.1) is 6.42 Å². The Morgan fingerprint density at radius 1 is 1.06 bits per heavy atom. The molecular formula is C38H40F2N6O3. The van der Waals surface area contributed by atoms with Gasteiger partial charge < -0.3 is 14.7 Å². The molecule has 2 bridgehead atoms. The summed E-state index contributed by atoms with van der Waals surface area (Å²) in [6, 6.07) is 7.53. The Morgan fingerprint density at radius 2 is 1.78 bits per heavy atom. The summed E-state index contributed by atoms with van der Waals surface area (Å²) in [4.78, 5) is 32.4. The molecule has 1 N–H and O–H groups in total. The maximum atomic E-state index is 17.0. The predicted molar refractivity (Wildman–Crippen MR) is 184 cm³/mol. The highest BCUT2D eigenvalue weighted by Crippen LogP contribution is 2.46. The molecule has 0 aliphatic carbocycles. The average Bonchev–Trinajstić information content (AvgIpc) is 3.71. The molecule has 4 aliphatic heterocycles. The summed E-state index contributed by atoms with van der Waals surface area (Å²) >= 11 is 0. The molecule has 6 heterocycles. The van der Waals surface area contributed by atoms with E-state index in [1.807, 2.05) is 4.90 Å². The second kappa shape index (κ2) is 12.1. The summed E-state index contributed by atoms with van der Waals surface area (Å²) in [5, 5.41) is 11.4. The van der Waals surface area contributed by atoms with E-state index in [4.69, 9.17) is 21.1 Å². The van der Waals surface area contributed by atoms with Crippen LogP contribution in [0, 0.1) is 35.8 Å². The summed E-state index contributed by atoms with van der Waals surface area (Å²) in [5.41, 5.74) is 0.727. The maximum Gasteiger partial charge on any atom is 0.407 e. The van der Waals surface area contributed by atoms with Crippen molar-refractivity contribution in [2.45, 2.75) is 70.0 Å². The zero-order chi connectivity index (χ0) is 34.0. The largest absolute Gasteiger partial charge is 0.465 e. The van der Waals surface area contributed by atoms with Gasteiger partial charge in [0.25, 0.3) is 0 Å². The Morgan fingerprint density at radius 3 is 2.43 bits per heavy atom. The normalized spacial score (nSPS) is 26.4. The van der Waals surface area contributed by atoms with Crippen molar-refractivity contribution in [2.75, 3.05) is 37.7 Å². The minimum Gasteiger partial charge on any atom is -0.465 e. The number of anilines is 1. The third kappa shape index (κ3) is 5.23. The number of hydrogen-bond donors (Lipinski definition) is 1. The second-order valence-electron chi connectivity index (χ2n) is 14.4. The first kappa shape index (κ1) is 31.7. The number of rotatable bonds is 7. The summed E-state index contributed by atoms with van der Waals surface area (Å²) in [6.07, 6.45) is 12.2. The molecule has 8 rings (SSSR count). The van der Waals surface area contributed by atoms with Crippen molar-refractivity contribution in [2.24, 2.45) is 11.8 Å². The number of ether oxygens (including phenoxy) is 1. The molecule has 0 saturated carbocycles. The molecule has 9 nitrogen and oxygen atoms in total. The number of terminal acetylenes is 1. The quantitative estimate of drug-likeness (QED) is 0.218. The topological polar surface area (TPSA) is 94.9 Å². The van der Waals surface area contributed by atoms with Gasteiger partial charge in [0.15, 0.2) is 5.82 Å². The highest BCUT2D eigenvalue weighted by atomic mass is 19.1. The Balaban J connectivity index is 1.24. The van der Waals surface area contributed by atoms with Gasteiger partial charge in [-0.25, -0.2) is 13.6 Å². The van der Waals surface area contributed by atoms with Crippen LogP contribution in [0.25, 0.3) is 32.9 Å². The van der Waals surface area contributed by atoms with Gasteiger partial charge in [0.2, 0.25) is 0 Å². The fourth-order valence-electron chi connectivity index (χ4n) is 9.19. The fourth-order valence-corrected chi connectivity index (χ4v) is 9.19. The maximum absolute atomic E-state index is 17.0. The van der Waals surface area contributed by atoms with Gasteiger partial charge in [-0.1, -0.05) is 50.8 Å². The fraction of sp³-hybridized carbons (Fsp3) is 0.474. The SMILES string of the molecule is C#Cc1cc(F)cc2cccc(-c3ncc4c(N5C[C@H]6CC[C@@H](C5)N6C(=O)O)nc(OCC56CC(CC)CN5CC(CC)C6)nc4c3F)c12. The number of halogens is 2. The van der Waals surface area contributed by atoms with E-state index in [0.717, 1.165) is 51.6 Å². The Bertz CT molecular complexity index is 1990. The Kier molecular flexibility index (Phi) is 7.82. The van der Waals surface area contributed by atoms with Crippen molar-refractivity contribution in [1.29, 1.82) is 0 Å². The molecule has 2 aromatic carbocycles. The first-order valence-electron chi connectivity index (χ1n) is 17.4. The van der Waals surface area contributed by atoms with Crippen LogP contribution in [0.1, 0.15) is 57.9 Å². The van der Waals surface area contributed by atoms with Gasteiger partial charge in [-0.05, 0) is 55.0 Å². The van der Waals surface area contributed by atoms with Crippen LogP contribution in [-0.2, 0) is 0 Å². The third-order valence-electron chi connectivity index (χ3n) is 11.6. The van der Waals surface area contributed by atoms with Gasteiger partial charge in [0.05, 0.1) is 23.0 Å². The summed E-state index contributed by atoms with van der Waals surface area (Å²) in [7, 11) is 0. The van der Waals surface area contributed by atoms with Crippen LogP contribution in [0.5, 0.6) is 6.01 Å². The summed E-state index contributed by atoms with van der Waals surface area (Å²) in [6.45, 7) is 7.83. The number of nitrogens with zero attached hydrogens (tertiary/aromatic N) is 6. The minimum atomic E-state index is -0.921. The van der Waals surface area contributed by atoms with Crippen molar-refractivity contribution >= 4 is 33.6 Å². The van der Waals surface area contributed by atoms with E-state index in [2.05, 4.69) is 29.7 Å². The number of amides is 1. The smallest absolute Gasteiger partial charge is 0.407 e. The van der Waals surface area contributed by atoms with E-state index >= 15 is 4.39 Å². The zero-order valence-electron chi connectivity index (χ0n) is 27.8. The van der Waals surface area contributed by atoms with E-state index in [0.29, 0.717) is 64.6 Å². The lowest BCUT2D eigenvalue weighted by Crippen LogP contribution is -2.55. The van der Waals surface area contributed by atoms with Gasteiger partial charge in [0, 0.05) is 48.9 Å². The molecule has 1 amide bonds. The first-order valence-corrected chi connectivity index (χ1v) is 17.4. The Labute approximate surface area is 284 Å². The number of fused-ring (bicyclic) bond motifs is 5. The highest BCUT2D eigenvalue weighted by molar-refractivity contribution is 6.02. The lowest BCUT2D eigenvalue weighted by Gasteiger charge is -2.40. The minimum absolute atomic E-state index is 0.0421. The van der Waals surface area contributed by atoms with Gasteiger partial charge >= 0.3 is 12.1 Å². The van der Waals surface area contributed by atoms with Crippen LogP contribution in [0.15, 0.2) is 36.5 Å². The van der Waals surface area contributed by atoms with Gasteiger partial charge in [-0.3, -0.25) is 14.8 Å². The Hall–Kier alpha value is -4.56. The second-order valence-corrected chi connectivity index (χ2v) is 14.4. The first-order chi connectivity index (χ1) is 23.7. The number of pyridine rings is 1. The number of hydrogen-bond acceptors (Lipinski definition) is 7. The molecule has 4 fully saturated rings. The summed E-state index contributed by atoms with van der Waals surface area (Å²) in [5.74, 6) is 3.10. The molecular weight excluding hydrogens is 626 g/mol. The number of benzene rings is 2. The predicted octanol–water partition coefficient (Wildman–Crippen LogP) is 6.71. The molecule has 4 aliphatic rings. The summed E-state index contributed by atoms with van der Waals surface area (Å²) < 4.78 is 37.9. The van der Waals surface area contributed by atoms with E-state index in [1.165, 1.54) is 12.1 Å². The van der Waals surface area contributed by atoms with E-state index in [9.17, 15) is 14.3 Å². The molecule has 11 heteroatoms. The van der Waals surface area contributed by atoms with Crippen LogP contribution in [0.2, 0.25) is 0 Å². The van der Waals surface area contributed by atoms with Gasteiger partial charge in [-0.2, -0.15) is 9.97 Å². The van der Waals surface area contributed by atoms with Crippen LogP contribution in [0.4, 0.5) is 19.4 Å². The van der Waals surface area contributed by atoms with Crippen LogP contribution in [0.3, 0.4) is 0 Å². The van der Waals surface area contributed by atoms with Crippen molar-refractivity contribution < 1.29 is 23.4 Å². The molecule has 49 heavy (non-hydrogen) atoms. The van der Waals surface area contributed by atoms with Crippen molar-refractivity contribution in [1.82, 2.24) is 24.8 Å². The molecule has 2 unspecified atom stereocenters. The number of piperazine rings is 1. The van der Waals surface area contributed by atoms with E-state index < -0.39 is 17.7 Å². The van der Waals surface area contributed by atoms with Crippen LogP contribution in [-0.4, -0.2) is 86.4 Å². The van der Waals surface area contributed by atoms with Crippen molar-refractivity contribution in [3.8, 4) is 29.6 Å². The molecule has 0 spiro atoms. The lowest BCUT2D eigenvalue weighted by atomic mass is 9.86. The molecule has 4 saturated heterocycles.